The van der Waals surface area contributed by atoms with Gasteiger partial charge in [-0.3, -0.25) is 0 Å². The van der Waals surface area contributed by atoms with Crippen LogP contribution >= 0.6 is 15.9 Å². The van der Waals surface area contributed by atoms with E-state index in [-0.39, 0.29) is 0 Å². The molecule has 1 aromatic rings. The maximum absolute atomic E-state index is 9.18. The molecule has 100 valence electrons. The molecule has 19 heavy (non-hydrogen) atoms. The molecule has 2 unspecified atom stereocenters. The molecule has 0 spiro atoms. The van der Waals surface area contributed by atoms with Gasteiger partial charge in [0.15, 0.2) is 0 Å². The van der Waals surface area contributed by atoms with E-state index < -0.39 is 0 Å². The Bertz CT molecular complexity index is 509. The molecule has 1 N–H and O–H groups in total. The smallest absolute Gasteiger partial charge is 0.101 e. The first kappa shape index (κ1) is 13.0. The third kappa shape index (κ3) is 2.77. The number of benzene rings is 1. The topological polar surface area (TPSA) is 39.1 Å². The molecule has 0 aliphatic carbocycles. The Balaban J connectivity index is 1.71. The minimum Gasteiger partial charge on any atom is -0.381 e. The van der Waals surface area contributed by atoms with Crippen LogP contribution in [0.4, 0.5) is 5.69 Å². The number of halogens is 1. The van der Waals surface area contributed by atoms with Gasteiger partial charge in [0, 0.05) is 23.1 Å². The second-order valence-corrected chi connectivity index (χ2v) is 6.42. The van der Waals surface area contributed by atoms with Gasteiger partial charge in [0.1, 0.15) is 6.07 Å². The highest BCUT2D eigenvalue weighted by molar-refractivity contribution is 9.10. The quantitative estimate of drug-likeness (QED) is 0.908. The summed E-state index contributed by atoms with van der Waals surface area (Å²) >= 11 is 3.48. The zero-order valence-electron chi connectivity index (χ0n) is 10.9. The van der Waals surface area contributed by atoms with Crippen LogP contribution in [0.15, 0.2) is 22.7 Å². The molecular formula is C15H18BrN3. The van der Waals surface area contributed by atoms with Crippen LogP contribution in [0.25, 0.3) is 0 Å². The maximum Gasteiger partial charge on any atom is 0.101 e. The zero-order chi connectivity index (χ0) is 13.2. The fourth-order valence-electron chi connectivity index (χ4n) is 3.31. The monoisotopic (exact) mass is 319 g/mol. The molecule has 1 aromatic carbocycles. The van der Waals surface area contributed by atoms with Crippen molar-refractivity contribution in [3.05, 3.63) is 28.2 Å². The van der Waals surface area contributed by atoms with Crippen LogP contribution in [-0.2, 0) is 0 Å². The van der Waals surface area contributed by atoms with Crippen LogP contribution in [0, 0.1) is 11.3 Å². The van der Waals surface area contributed by atoms with Crippen molar-refractivity contribution in [2.24, 2.45) is 0 Å². The number of nitriles is 1. The summed E-state index contributed by atoms with van der Waals surface area (Å²) in [5.41, 5.74) is 1.70. The van der Waals surface area contributed by atoms with Crippen molar-refractivity contribution >= 4 is 21.6 Å². The molecule has 0 saturated carbocycles. The Morgan fingerprint density at radius 2 is 2.21 bits per heavy atom. The van der Waals surface area contributed by atoms with E-state index in [1.165, 1.54) is 38.8 Å². The molecule has 2 aliphatic rings. The van der Waals surface area contributed by atoms with Crippen molar-refractivity contribution in [3.63, 3.8) is 0 Å². The summed E-state index contributed by atoms with van der Waals surface area (Å²) in [5.74, 6) is 0. The van der Waals surface area contributed by atoms with Crippen molar-refractivity contribution in [1.82, 2.24) is 4.90 Å². The Labute approximate surface area is 122 Å². The number of nitrogens with zero attached hydrogens (tertiary/aromatic N) is 2. The highest BCUT2D eigenvalue weighted by atomic mass is 79.9. The molecular weight excluding hydrogens is 302 g/mol. The average Bonchev–Trinajstić information content (AvgIpc) is 2.86. The lowest BCUT2D eigenvalue weighted by Crippen LogP contribution is -2.42. The summed E-state index contributed by atoms with van der Waals surface area (Å²) in [6.07, 6.45) is 5.06. The number of rotatable bonds is 2. The third-order valence-electron chi connectivity index (χ3n) is 4.28. The van der Waals surface area contributed by atoms with Crippen LogP contribution in [0.5, 0.6) is 0 Å². The summed E-state index contributed by atoms with van der Waals surface area (Å²) in [7, 11) is 0. The summed E-state index contributed by atoms with van der Waals surface area (Å²) < 4.78 is 1.02. The number of piperidine rings is 1. The average molecular weight is 320 g/mol. The fourth-order valence-corrected chi connectivity index (χ4v) is 3.67. The first-order chi connectivity index (χ1) is 9.26. The summed E-state index contributed by atoms with van der Waals surface area (Å²) in [6, 6.07) is 9.32. The molecule has 2 saturated heterocycles. The van der Waals surface area contributed by atoms with Gasteiger partial charge in [-0.2, -0.15) is 5.26 Å². The van der Waals surface area contributed by atoms with E-state index in [4.69, 9.17) is 0 Å². The Morgan fingerprint density at radius 1 is 1.32 bits per heavy atom. The van der Waals surface area contributed by atoms with E-state index in [1.807, 2.05) is 18.2 Å². The second kappa shape index (κ2) is 5.52. The minimum atomic E-state index is 0.501. The van der Waals surface area contributed by atoms with Crippen molar-refractivity contribution in [3.8, 4) is 6.07 Å². The van der Waals surface area contributed by atoms with Gasteiger partial charge in [0.2, 0.25) is 0 Å². The summed E-state index contributed by atoms with van der Waals surface area (Å²) in [6.45, 7) is 2.47. The first-order valence-electron chi connectivity index (χ1n) is 6.96. The largest absolute Gasteiger partial charge is 0.381 e. The molecule has 0 bridgehead atoms. The molecule has 2 fully saturated rings. The minimum absolute atomic E-state index is 0.501. The molecule has 0 aromatic heterocycles. The van der Waals surface area contributed by atoms with E-state index in [9.17, 15) is 5.26 Å². The highest BCUT2D eigenvalue weighted by Crippen LogP contribution is 2.30. The van der Waals surface area contributed by atoms with Crippen LogP contribution < -0.4 is 5.32 Å². The van der Waals surface area contributed by atoms with E-state index in [2.05, 4.69) is 32.2 Å². The SMILES string of the molecule is N#Cc1ccc(Br)cc1NC1CCN2CCCC2C1. The van der Waals surface area contributed by atoms with Crippen molar-refractivity contribution in [1.29, 1.82) is 5.26 Å². The van der Waals surface area contributed by atoms with Gasteiger partial charge in [-0.15, -0.1) is 0 Å². The zero-order valence-corrected chi connectivity index (χ0v) is 12.5. The van der Waals surface area contributed by atoms with E-state index in [0.29, 0.717) is 6.04 Å². The lowest BCUT2D eigenvalue weighted by atomic mass is 9.97. The van der Waals surface area contributed by atoms with Crippen LogP contribution in [0.3, 0.4) is 0 Å². The molecule has 2 heterocycles. The molecule has 3 nitrogen and oxygen atoms in total. The van der Waals surface area contributed by atoms with Gasteiger partial charge in [-0.1, -0.05) is 15.9 Å². The number of hydrogen-bond donors (Lipinski definition) is 1. The Hall–Kier alpha value is -1.05. The second-order valence-electron chi connectivity index (χ2n) is 5.50. The van der Waals surface area contributed by atoms with Crippen molar-refractivity contribution < 1.29 is 0 Å². The van der Waals surface area contributed by atoms with Gasteiger partial charge in [0.25, 0.3) is 0 Å². The molecule has 3 rings (SSSR count). The highest BCUT2D eigenvalue weighted by Gasteiger charge is 2.31. The van der Waals surface area contributed by atoms with Crippen molar-refractivity contribution in [2.45, 2.75) is 37.8 Å². The van der Waals surface area contributed by atoms with Gasteiger partial charge < -0.3 is 10.2 Å². The van der Waals surface area contributed by atoms with Crippen LogP contribution in [-0.4, -0.2) is 30.1 Å². The van der Waals surface area contributed by atoms with Gasteiger partial charge in [-0.05, 0) is 50.4 Å². The fraction of sp³-hybridized carbons (Fsp3) is 0.533. The number of anilines is 1. The summed E-state index contributed by atoms with van der Waals surface area (Å²) in [5, 5.41) is 12.8. The molecule has 0 radical (unpaired) electrons. The Morgan fingerprint density at radius 3 is 3.05 bits per heavy atom. The van der Waals surface area contributed by atoms with Crippen LogP contribution in [0.2, 0.25) is 0 Å². The van der Waals surface area contributed by atoms with Gasteiger partial charge >= 0.3 is 0 Å². The predicted octanol–water partition coefficient (Wildman–Crippen LogP) is 3.36. The molecule has 0 amide bonds. The van der Waals surface area contributed by atoms with Crippen LogP contribution in [0.1, 0.15) is 31.2 Å². The van der Waals surface area contributed by atoms with E-state index in [1.54, 1.807) is 0 Å². The maximum atomic E-state index is 9.18. The summed E-state index contributed by atoms with van der Waals surface area (Å²) in [4.78, 5) is 2.62. The molecule has 2 aliphatic heterocycles. The van der Waals surface area contributed by atoms with E-state index >= 15 is 0 Å². The first-order valence-corrected chi connectivity index (χ1v) is 7.76. The normalized spacial score (nSPS) is 26.7. The Kier molecular flexibility index (Phi) is 3.76. The third-order valence-corrected chi connectivity index (χ3v) is 4.78. The number of fused-ring (bicyclic) bond motifs is 1. The molecule has 2 atom stereocenters. The van der Waals surface area contributed by atoms with Gasteiger partial charge in [0.05, 0.1) is 11.3 Å². The standard InChI is InChI=1S/C15H18BrN3/c16-12-4-3-11(10-17)15(8-12)18-13-5-7-19-6-1-2-14(19)9-13/h3-4,8,13-14,18H,1-2,5-7,9H2. The molecule has 4 heteroatoms. The number of nitrogens with one attached hydrogen (secondary N) is 1. The predicted molar refractivity (Wildman–Crippen MR) is 80.1 cm³/mol. The number of hydrogen-bond acceptors (Lipinski definition) is 3. The lowest BCUT2D eigenvalue weighted by molar-refractivity contribution is 0.188. The lowest BCUT2D eigenvalue weighted by Gasteiger charge is -2.35. The van der Waals surface area contributed by atoms with E-state index in [0.717, 1.165) is 21.8 Å². The van der Waals surface area contributed by atoms with Crippen molar-refractivity contribution in [2.75, 3.05) is 18.4 Å². The van der Waals surface area contributed by atoms with Gasteiger partial charge in [-0.25, -0.2) is 0 Å².